The predicted molar refractivity (Wildman–Crippen MR) is 107 cm³/mol. The Morgan fingerprint density at radius 2 is 2.00 bits per heavy atom. The van der Waals surface area contributed by atoms with Gasteiger partial charge in [-0.3, -0.25) is 9.78 Å². The van der Waals surface area contributed by atoms with Gasteiger partial charge < -0.3 is 18.9 Å². The quantitative estimate of drug-likeness (QED) is 0.689. The Bertz CT molecular complexity index is 976. The Morgan fingerprint density at radius 3 is 2.86 bits per heavy atom. The fourth-order valence-corrected chi connectivity index (χ4v) is 4.04. The van der Waals surface area contributed by atoms with Gasteiger partial charge in [0.15, 0.2) is 6.10 Å². The molecular weight excluding hydrogens is 366 g/mol. The lowest BCUT2D eigenvalue weighted by atomic mass is 10.1. The van der Waals surface area contributed by atoms with Crippen LogP contribution in [0.3, 0.4) is 0 Å². The zero-order chi connectivity index (χ0) is 19.6. The second kappa shape index (κ2) is 7.72. The van der Waals surface area contributed by atoms with Crippen LogP contribution in [0.1, 0.15) is 17.0 Å². The summed E-state index contributed by atoms with van der Waals surface area (Å²) in [6, 6.07) is 17.7. The number of pyridine rings is 1. The molecule has 29 heavy (non-hydrogen) atoms. The van der Waals surface area contributed by atoms with Gasteiger partial charge in [0, 0.05) is 31.1 Å². The maximum Gasteiger partial charge on any atom is 0.264 e. The Kier molecular flexibility index (Phi) is 4.77. The molecular formula is C23H23N3O3. The van der Waals surface area contributed by atoms with Crippen LogP contribution in [-0.2, 0) is 35.6 Å². The SMILES string of the molecule is O=C([C@H]1Cc2ccccc2O1)N1Cc2cccn2C[C@H](OCc2ccccn2)C1. The van der Waals surface area contributed by atoms with E-state index in [1.165, 1.54) is 0 Å². The molecule has 2 atom stereocenters. The van der Waals surface area contributed by atoms with Gasteiger partial charge >= 0.3 is 0 Å². The molecule has 5 rings (SSSR count). The van der Waals surface area contributed by atoms with Crippen LogP contribution in [0, 0.1) is 0 Å². The predicted octanol–water partition coefficient (Wildman–Crippen LogP) is 2.81. The number of benzene rings is 1. The molecule has 2 aliphatic heterocycles. The summed E-state index contributed by atoms with van der Waals surface area (Å²) in [5, 5.41) is 0. The standard InChI is InChI=1S/C23H23N3O3/c27-23(22-12-17-6-1-2-9-21(17)29-22)26-13-19-8-5-11-25(19)14-20(15-26)28-16-18-7-3-4-10-24-18/h1-11,20,22H,12-16H2/t20-,22+/m0/s1. The molecule has 0 saturated heterocycles. The summed E-state index contributed by atoms with van der Waals surface area (Å²) in [4.78, 5) is 19.5. The number of fused-ring (bicyclic) bond motifs is 2. The third-order valence-corrected chi connectivity index (χ3v) is 5.53. The minimum absolute atomic E-state index is 0.0160. The number of hydrogen-bond donors (Lipinski definition) is 0. The number of hydrogen-bond acceptors (Lipinski definition) is 4. The van der Waals surface area contributed by atoms with E-state index in [-0.39, 0.29) is 12.0 Å². The normalized spacial score (nSPS) is 20.5. The topological polar surface area (TPSA) is 56.6 Å². The lowest BCUT2D eigenvalue weighted by Gasteiger charge is -2.26. The summed E-state index contributed by atoms with van der Waals surface area (Å²) in [7, 11) is 0. The van der Waals surface area contributed by atoms with Gasteiger partial charge in [0.2, 0.25) is 0 Å². The van der Waals surface area contributed by atoms with Gasteiger partial charge in [0.1, 0.15) is 5.75 Å². The number of carbonyl (C=O) groups is 1. The van der Waals surface area contributed by atoms with Crippen LogP contribution < -0.4 is 4.74 Å². The monoisotopic (exact) mass is 389 g/mol. The molecule has 2 aromatic heterocycles. The van der Waals surface area contributed by atoms with Crippen LogP contribution >= 0.6 is 0 Å². The molecule has 6 heteroatoms. The van der Waals surface area contributed by atoms with E-state index in [1.807, 2.05) is 59.6 Å². The van der Waals surface area contributed by atoms with Crippen molar-refractivity contribution in [3.8, 4) is 5.75 Å². The molecule has 1 aromatic carbocycles. The number of carbonyl (C=O) groups excluding carboxylic acids is 1. The number of amides is 1. The van der Waals surface area contributed by atoms with E-state index < -0.39 is 6.10 Å². The van der Waals surface area contributed by atoms with E-state index in [1.54, 1.807) is 6.20 Å². The first-order chi connectivity index (χ1) is 14.3. The summed E-state index contributed by atoms with van der Waals surface area (Å²) in [6.45, 7) is 2.23. The summed E-state index contributed by atoms with van der Waals surface area (Å²) in [5.74, 6) is 0.828. The van der Waals surface area contributed by atoms with Crippen molar-refractivity contribution in [1.29, 1.82) is 0 Å². The van der Waals surface area contributed by atoms with Crippen LogP contribution in [0.5, 0.6) is 5.75 Å². The molecule has 0 N–H and O–H groups in total. The molecule has 2 aliphatic rings. The second-order valence-corrected chi connectivity index (χ2v) is 7.54. The highest BCUT2D eigenvalue weighted by Crippen LogP contribution is 2.29. The summed E-state index contributed by atoms with van der Waals surface area (Å²) < 4.78 is 14.3. The number of aromatic nitrogens is 2. The van der Waals surface area contributed by atoms with Crippen molar-refractivity contribution in [3.63, 3.8) is 0 Å². The smallest absolute Gasteiger partial charge is 0.264 e. The van der Waals surface area contributed by atoms with Gasteiger partial charge in [-0.25, -0.2) is 0 Å². The second-order valence-electron chi connectivity index (χ2n) is 7.54. The Labute approximate surface area is 169 Å². The minimum Gasteiger partial charge on any atom is -0.480 e. The van der Waals surface area contributed by atoms with Gasteiger partial charge in [-0.15, -0.1) is 0 Å². The molecule has 3 aromatic rings. The third-order valence-electron chi connectivity index (χ3n) is 5.53. The zero-order valence-corrected chi connectivity index (χ0v) is 16.1. The van der Waals surface area contributed by atoms with E-state index in [2.05, 4.69) is 15.6 Å². The van der Waals surface area contributed by atoms with Crippen molar-refractivity contribution < 1.29 is 14.3 Å². The fraction of sp³-hybridized carbons (Fsp3) is 0.304. The fourth-order valence-electron chi connectivity index (χ4n) is 4.04. The molecule has 6 nitrogen and oxygen atoms in total. The summed E-state index contributed by atoms with van der Waals surface area (Å²) in [5.41, 5.74) is 3.08. The summed E-state index contributed by atoms with van der Waals surface area (Å²) in [6.07, 6.45) is 3.85. The highest BCUT2D eigenvalue weighted by molar-refractivity contribution is 5.82. The van der Waals surface area contributed by atoms with Crippen molar-refractivity contribution in [2.75, 3.05) is 6.54 Å². The molecule has 4 heterocycles. The largest absolute Gasteiger partial charge is 0.480 e. The van der Waals surface area contributed by atoms with Crippen LogP contribution in [-0.4, -0.2) is 39.1 Å². The first-order valence-electron chi connectivity index (χ1n) is 9.95. The van der Waals surface area contributed by atoms with Gasteiger partial charge in [-0.1, -0.05) is 24.3 Å². The molecule has 0 spiro atoms. The van der Waals surface area contributed by atoms with E-state index in [9.17, 15) is 4.79 Å². The van der Waals surface area contributed by atoms with Gasteiger partial charge in [0.05, 0.1) is 31.5 Å². The van der Waals surface area contributed by atoms with E-state index in [4.69, 9.17) is 9.47 Å². The number of para-hydroxylation sites is 1. The Balaban J connectivity index is 1.32. The average Bonchev–Trinajstić information content (AvgIpc) is 3.34. The van der Waals surface area contributed by atoms with Crippen molar-refractivity contribution in [2.45, 2.75) is 38.3 Å². The molecule has 0 bridgehead atoms. The average molecular weight is 389 g/mol. The van der Waals surface area contributed by atoms with Crippen LogP contribution in [0.4, 0.5) is 0 Å². The first kappa shape index (κ1) is 17.9. The van der Waals surface area contributed by atoms with Crippen LogP contribution in [0.15, 0.2) is 67.0 Å². The van der Waals surface area contributed by atoms with Gasteiger partial charge in [-0.2, -0.15) is 0 Å². The van der Waals surface area contributed by atoms with Crippen molar-refractivity contribution in [1.82, 2.24) is 14.5 Å². The molecule has 0 saturated carbocycles. The summed E-state index contributed by atoms with van der Waals surface area (Å²) >= 11 is 0. The molecule has 0 unspecified atom stereocenters. The van der Waals surface area contributed by atoms with Gasteiger partial charge in [0.25, 0.3) is 5.91 Å². The Hall–Kier alpha value is -3.12. The number of nitrogens with zero attached hydrogens (tertiary/aromatic N) is 3. The number of ether oxygens (including phenoxy) is 2. The Morgan fingerprint density at radius 1 is 1.10 bits per heavy atom. The molecule has 1 amide bonds. The lowest BCUT2D eigenvalue weighted by molar-refractivity contribution is -0.140. The van der Waals surface area contributed by atoms with E-state index >= 15 is 0 Å². The van der Waals surface area contributed by atoms with E-state index in [0.29, 0.717) is 32.7 Å². The van der Waals surface area contributed by atoms with Crippen LogP contribution in [0.2, 0.25) is 0 Å². The number of rotatable bonds is 4. The highest BCUT2D eigenvalue weighted by Gasteiger charge is 2.35. The van der Waals surface area contributed by atoms with Crippen molar-refractivity contribution in [2.24, 2.45) is 0 Å². The van der Waals surface area contributed by atoms with Crippen molar-refractivity contribution in [3.05, 3.63) is 83.9 Å². The highest BCUT2D eigenvalue weighted by atomic mass is 16.5. The maximum atomic E-state index is 13.3. The van der Waals surface area contributed by atoms with Gasteiger partial charge in [-0.05, 0) is 35.9 Å². The molecule has 0 fully saturated rings. The van der Waals surface area contributed by atoms with Crippen LogP contribution in [0.25, 0.3) is 0 Å². The molecule has 148 valence electrons. The maximum absolute atomic E-state index is 13.3. The molecule has 0 aliphatic carbocycles. The lowest BCUT2D eigenvalue weighted by Crippen LogP contribution is -2.44. The minimum atomic E-state index is -0.467. The third kappa shape index (κ3) is 3.76. The first-order valence-corrected chi connectivity index (χ1v) is 9.95. The molecule has 0 radical (unpaired) electrons. The zero-order valence-electron chi connectivity index (χ0n) is 16.1. The van der Waals surface area contributed by atoms with Crippen molar-refractivity contribution >= 4 is 5.91 Å². The van der Waals surface area contributed by atoms with E-state index in [0.717, 1.165) is 22.7 Å².